The molecule has 1 aliphatic heterocycles. The van der Waals surface area contributed by atoms with E-state index in [2.05, 4.69) is 10.4 Å². The number of nitrogens with one attached hydrogen (secondary N) is 1. The van der Waals surface area contributed by atoms with Gasteiger partial charge in [0.1, 0.15) is 10.8 Å². The van der Waals surface area contributed by atoms with Crippen molar-refractivity contribution < 1.29 is 9.18 Å². The molecule has 0 radical (unpaired) electrons. The summed E-state index contributed by atoms with van der Waals surface area (Å²) < 4.78 is 14.4. The number of halogens is 3. The van der Waals surface area contributed by atoms with Crippen LogP contribution in [0.15, 0.2) is 29.2 Å². The van der Waals surface area contributed by atoms with Crippen LogP contribution in [0, 0.1) is 11.7 Å². The van der Waals surface area contributed by atoms with Crippen LogP contribution in [0.5, 0.6) is 0 Å². The van der Waals surface area contributed by atoms with Crippen LogP contribution in [0.2, 0.25) is 10.0 Å². The highest BCUT2D eigenvalue weighted by atomic mass is 35.5. The van der Waals surface area contributed by atoms with Crippen molar-refractivity contribution in [3.63, 3.8) is 0 Å². The van der Waals surface area contributed by atoms with Gasteiger partial charge in [0.15, 0.2) is 0 Å². The number of piperidine rings is 1. The molecule has 0 spiro atoms. The fourth-order valence-electron chi connectivity index (χ4n) is 2.92. The van der Waals surface area contributed by atoms with Crippen molar-refractivity contribution >= 4 is 40.5 Å². The summed E-state index contributed by atoms with van der Waals surface area (Å²) >= 11 is 11.9. The summed E-state index contributed by atoms with van der Waals surface area (Å²) in [6.45, 7) is 1.16. The minimum atomic E-state index is -0.530. The van der Waals surface area contributed by atoms with E-state index in [1.54, 1.807) is 6.20 Å². The summed E-state index contributed by atoms with van der Waals surface area (Å²) in [5.41, 5.74) is 0.693. The average Bonchev–Trinajstić information content (AvgIpc) is 2.63. The van der Waals surface area contributed by atoms with E-state index in [1.165, 1.54) is 29.9 Å². The smallest absolute Gasteiger partial charge is 0.287 e. The third kappa shape index (κ3) is 3.83. The fourth-order valence-corrected chi connectivity index (χ4v) is 3.39. The number of hydrogen-bond acceptors (Lipinski definition) is 4. The Morgan fingerprint density at radius 1 is 1.31 bits per heavy atom. The maximum atomic E-state index is 13.2. The lowest BCUT2D eigenvalue weighted by atomic mass is 9.95. The van der Waals surface area contributed by atoms with Crippen LogP contribution in [0.4, 0.5) is 15.8 Å². The molecule has 1 aromatic carbocycles. The molecular weight excluding hydrogens is 382 g/mol. The standard InChI is InChI=1S/C17H17Cl2FN4O2/c1-23-17(26)15(19)14(9-21-23)24-6-4-10(5-7-24)16(25)22-11-2-3-13(20)12(18)8-11/h2-3,8-10H,4-7H2,1H3,(H,22,25). The number of benzene rings is 1. The van der Waals surface area contributed by atoms with Crippen LogP contribution in [-0.4, -0.2) is 28.8 Å². The molecule has 0 atom stereocenters. The summed E-state index contributed by atoms with van der Waals surface area (Å²) in [7, 11) is 1.54. The highest BCUT2D eigenvalue weighted by Gasteiger charge is 2.27. The molecular formula is C17H17Cl2FN4O2. The number of carbonyl (C=O) groups is 1. The molecule has 138 valence electrons. The predicted octanol–water partition coefficient (Wildman–Crippen LogP) is 3.08. The van der Waals surface area contributed by atoms with E-state index in [0.717, 1.165) is 0 Å². The van der Waals surface area contributed by atoms with Crippen LogP contribution in [-0.2, 0) is 11.8 Å². The Bertz CT molecular complexity index is 895. The van der Waals surface area contributed by atoms with Gasteiger partial charge in [-0.05, 0) is 31.0 Å². The molecule has 3 rings (SSSR count). The van der Waals surface area contributed by atoms with Crippen LogP contribution in [0.3, 0.4) is 0 Å². The molecule has 2 heterocycles. The Labute approximate surface area is 159 Å². The first-order valence-corrected chi connectivity index (χ1v) is 8.85. The minimum Gasteiger partial charge on any atom is -0.369 e. The average molecular weight is 399 g/mol. The van der Waals surface area contributed by atoms with Gasteiger partial charge >= 0.3 is 0 Å². The molecule has 2 aromatic rings. The Kier molecular flexibility index (Phi) is 5.48. The lowest BCUT2D eigenvalue weighted by Crippen LogP contribution is -2.39. The largest absolute Gasteiger partial charge is 0.369 e. The third-order valence-corrected chi connectivity index (χ3v) is 5.10. The van der Waals surface area contributed by atoms with Gasteiger partial charge in [-0.15, -0.1) is 0 Å². The topological polar surface area (TPSA) is 67.2 Å². The highest BCUT2D eigenvalue weighted by molar-refractivity contribution is 6.33. The van der Waals surface area contributed by atoms with Crippen molar-refractivity contribution in [1.82, 2.24) is 9.78 Å². The van der Waals surface area contributed by atoms with E-state index in [1.807, 2.05) is 4.90 Å². The van der Waals surface area contributed by atoms with Crippen molar-refractivity contribution in [2.24, 2.45) is 13.0 Å². The molecule has 1 fully saturated rings. The van der Waals surface area contributed by atoms with E-state index in [0.29, 0.717) is 37.3 Å². The Morgan fingerprint density at radius 2 is 2.00 bits per heavy atom. The number of aryl methyl sites for hydroxylation is 1. The third-order valence-electron chi connectivity index (χ3n) is 4.45. The van der Waals surface area contributed by atoms with Crippen LogP contribution in [0.1, 0.15) is 12.8 Å². The second-order valence-electron chi connectivity index (χ2n) is 6.15. The molecule has 0 aliphatic carbocycles. The summed E-state index contributed by atoms with van der Waals surface area (Å²) in [5.74, 6) is -0.855. The molecule has 9 heteroatoms. The highest BCUT2D eigenvalue weighted by Crippen LogP contribution is 2.28. The van der Waals surface area contributed by atoms with E-state index in [-0.39, 0.29) is 27.4 Å². The first kappa shape index (κ1) is 18.7. The number of aromatic nitrogens is 2. The second-order valence-corrected chi connectivity index (χ2v) is 6.94. The summed E-state index contributed by atoms with van der Waals surface area (Å²) in [4.78, 5) is 26.3. The number of rotatable bonds is 3. The molecule has 0 saturated carbocycles. The fraction of sp³-hybridized carbons (Fsp3) is 0.353. The van der Waals surface area contributed by atoms with Gasteiger partial charge in [-0.3, -0.25) is 9.59 Å². The SMILES string of the molecule is Cn1ncc(N2CCC(C(=O)Nc3ccc(F)c(Cl)c3)CC2)c(Cl)c1=O. The zero-order valence-electron chi connectivity index (χ0n) is 14.0. The Morgan fingerprint density at radius 3 is 2.65 bits per heavy atom. The number of anilines is 2. The van der Waals surface area contributed by atoms with E-state index in [9.17, 15) is 14.0 Å². The lowest BCUT2D eigenvalue weighted by molar-refractivity contribution is -0.120. The van der Waals surface area contributed by atoms with Crippen molar-refractivity contribution in [3.05, 3.63) is 50.6 Å². The van der Waals surface area contributed by atoms with E-state index in [4.69, 9.17) is 23.2 Å². The molecule has 0 unspecified atom stereocenters. The van der Waals surface area contributed by atoms with Gasteiger partial charge < -0.3 is 10.2 Å². The van der Waals surface area contributed by atoms with Gasteiger partial charge in [0, 0.05) is 31.7 Å². The molecule has 1 aliphatic rings. The Hall–Kier alpha value is -2.12. The normalized spacial score (nSPS) is 15.2. The summed E-state index contributed by atoms with van der Waals surface area (Å²) in [5, 5.41) is 6.85. The van der Waals surface area contributed by atoms with Gasteiger partial charge in [-0.1, -0.05) is 23.2 Å². The van der Waals surface area contributed by atoms with Crippen molar-refractivity contribution in [3.8, 4) is 0 Å². The van der Waals surface area contributed by atoms with Crippen LogP contribution in [0.25, 0.3) is 0 Å². The maximum absolute atomic E-state index is 13.2. The van der Waals surface area contributed by atoms with Gasteiger partial charge in [0.25, 0.3) is 5.56 Å². The van der Waals surface area contributed by atoms with Gasteiger partial charge in [-0.2, -0.15) is 5.10 Å². The van der Waals surface area contributed by atoms with Crippen LogP contribution < -0.4 is 15.8 Å². The van der Waals surface area contributed by atoms with Crippen LogP contribution >= 0.6 is 23.2 Å². The molecule has 0 bridgehead atoms. The predicted molar refractivity (Wildman–Crippen MR) is 99.5 cm³/mol. The molecule has 1 aromatic heterocycles. The Balaban J connectivity index is 1.63. The van der Waals surface area contributed by atoms with Crippen molar-refractivity contribution in [2.75, 3.05) is 23.3 Å². The van der Waals surface area contributed by atoms with Crippen molar-refractivity contribution in [2.45, 2.75) is 12.8 Å². The number of amides is 1. The van der Waals surface area contributed by atoms with Gasteiger partial charge in [0.2, 0.25) is 5.91 Å². The molecule has 26 heavy (non-hydrogen) atoms. The quantitative estimate of drug-likeness (QED) is 0.862. The number of hydrogen-bond donors (Lipinski definition) is 1. The molecule has 1 N–H and O–H groups in total. The van der Waals surface area contributed by atoms with E-state index < -0.39 is 5.82 Å². The molecule has 1 amide bonds. The summed E-state index contributed by atoms with van der Waals surface area (Å²) in [6.07, 6.45) is 2.77. The monoisotopic (exact) mass is 398 g/mol. The number of carbonyl (C=O) groups excluding carboxylic acids is 1. The maximum Gasteiger partial charge on any atom is 0.287 e. The first-order valence-electron chi connectivity index (χ1n) is 8.09. The molecule has 1 saturated heterocycles. The molecule has 6 nitrogen and oxygen atoms in total. The summed E-state index contributed by atoms with van der Waals surface area (Å²) in [6, 6.07) is 4.07. The van der Waals surface area contributed by atoms with Gasteiger partial charge in [0.05, 0.1) is 16.9 Å². The lowest BCUT2D eigenvalue weighted by Gasteiger charge is -2.33. The van der Waals surface area contributed by atoms with E-state index >= 15 is 0 Å². The number of nitrogens with zero attached hydrogens (tertiary/aromatic N) is 3. The first-order chi connectivity index (χ1) is 12.4. The van der Waals surface area contributed by atoms with Gasteiger partial charge in [-0.25, -0.2) is 9.07 Å². The van der Waals surface area contributed by atoms with Crippen molar-refractivity contribution in [1.29, 1.82) is 0 Å². The minimum absolute atomic E-state index is 0.0366. The second kappa shape index (κ2) is 7.63. The zero-order chi connectivity index (χ0) is 18.8. The zero-order valence-corrected chi connectivity index (χ0v) is 15.5.